The molecule has 0 aromatic heterocycles. The van der Waals surface area contributed by atoms with E-state index in [4.69, 9.17) is 4.74 Å². The molecule has 0 fully saturated rings. The third-order valence-corrected chi connectivity index (χ3v) is 3.15. The Hall–Kier alpha value is -2.97. The molecule has 0 aliphatic rings. The zero-order valence-electron chi connectivity index (χ0n) is 13.4. The fourth-order valence-corrected chi connectivity index (χ4v) is 1.82. The molecular formula is C15H18N2O7. The Bertz CT molecular complexity index is 630. The molecule has 0 aliphatic carbocycles. The number of amides is 1. The first kappa shape index (κ1) is 19.1. The number of esters is 1. The van der Waals surface area contributed by atoms with E-state index < -0.39 is 10.9 Å². The highest BCUT2D eigenvalue weighted by Gasteiger charge is 2.15. The number of hydrogen-bond donors (Lipinski definition) is 0. The highest BCUT2D eigenvalue weighted by molar-refractivity contribution is 5.82. The van der Waals surface area contributed by atoms with Crippen molar-refractivity contribution in [1.82, 2.24) is 4.90 Å². The van der Waals surface area contributed by atoms with Crippen molar-refractivity contribution in [3.8, 4) is 5.75 Å². The van der Waals surface area contributed by atoms with Crippen LogP contribution < -0.4 is 4.74 Å². The zero-order chi connectivity index (χ0) is 18.1. The molecule has 0 unspecified atom stereocenters. The maximum atomic E-state index is 11.8. The van der Waals surface area contributed by atoms with Gasteiger partial charge in [0, 0.05) is 13.5 Å². The van der Waals surface area contributed by atoms with Crippen LogP contribution in [-0.2, 0) is 14.3 Å². The van der Waals surface area contributed by atoms with Crippen molar-refractivity contribution in [3.63, 3.8) is 0 Å². The largest absolute Gasteiger partial charge is 0.493 e. The second-order valence-electron chi connectivity index (χ2n) is 4.87. The minimum absolute atomic E-state index is 0.0352. The van der Waals surface area contributed by atoms with Gasteiger partial charge in [-0.05, 0) is 18.6 Å². The summed E-state index contributed by atoms with van der Waals surface area (Å²) in [5, 5.41) is 10.8. The third kappa shape index (κ3) is 5.67. The number of ether oxygens (including phenoxy) is 2. The van der Waals surface area contributed by atoms with Gasteiger partial charge < -0.3 is 14.4 Å². The molecule has 130 valence electrons. The molecule has 0 heterocycles. The van der Waals surface area contributed by atoms with Crippen molar-refractivity contribution in [3.05, 3.63) is 33.9 Å². The summed E-state index contributed by atoms with van der Waals surface area (Å²) in [5.41, 5.74) is -0.372. The average molecular weight is 338 g/mol. The molecule has 0 saturated heterocycles. The predicted molar refractivity (Wildman–Crippen MR) is 82.9 cm³/mol. The number of carbonyl (C=O) groups is 3. The van der Waals surface area contributed by atoms with Gasteiger partial charge in [0.2, 0.25) is 5.91 Å². The second-order valence-corrected chi connectivity index (χ2v) is 4.87. The van der Waals surface area contributed by atoms with E-state index in [0.717, 1.165) is 6.07 Å². The number of likely N-dealkylation sites (N-methyl/N-ethyl adjacent to an activating group) is 1. The van der Waals surface area contributed by atoms with E-state index >= 15 is 0 Å². The maximum absolute atomic E-state index is 11.8. The summed E-state index contributed by atoms with van der Waals surface area (Å²) in [4.78, 5) is 45.0. The lowest BCUT2D eigenvalue weighted by molar-refractivity contribution is -0.385. The third-order valence-electron chi connectivity index (χ3n) is 3.15. The molecule has 1 amide bonds. The molecule has 0 aliphatic heterocycles. The molecule has 9 heteroatoms. The van der Waals surface area contributed by atoms with Crippen LogP contribution in [0.25, 0.3) is 0 Å². The Kier molecular flexibility index (Phi) is 7.34. The molecule has 0 atom stereocenters. The molecule has 9 nitrogen and oxygen atoms in total. The van der Waals surface area contributed by atoms with E-state index in [-0.39, 0.29) is 42.5 Å². The monoisotopic (exact) mass is 338 g/mol. The molecular weight excluding hydrogens is 320 g/mol. The molecule has 0 radical (unpaired) electrons. The zero-order valence-corrected chi connectivity index (χ0v) is 13.4. The summed E-state index contributed by atoms with van der Waals surface area (Å²) in [6, 6.07) is 3.91. The van der Waals surface area contributed by atoms with Crippen molar-refractivity contribution in [2.75, 3.05) is 27.3 Å². The van der Waals surface area contributed by atoms with E-state index in [2.05, 4.69) is 4.74 Å². The van der Waals surface area contributed by atoms with Crippen LogP contribution in [0.4, 0.5) is 5.69 Å². The smallest absolute Gasteiger partial charge is 0.325 e. The van der Waals surface area contributed by atoms with Gasteiger partial charge in [-0.1, -0.05) is 0 Å². The quantitative estimate of drug-likeness (QED) is 0.218. The number of rotatable bonds is 9. The van der Waals surface area contributed by atoms with Crippen LogP contribution in [0.2, 0.25) is 0 Å². The number of hydrogen-bond acceptors (Lipinski definition) is 7. The van der Waals surface area contributed by atoms with Gasteiger partial charge in [-0.2, -0.15) is 0 Å². The summed E-state index contributed by atoms with van der Waals surface area (Å²) >= 11 is 0. The first-order valence-corrected chi connectivity index (χ1v) is 7.06. The van der Waals surface area contributed by atoms with Gasteiger partial charge in [-0.3, -0.25) is 24.5 Å². The number of benzene rings is 1. The number of nitro groups is 1. The Labute approximate surface area is 138 Å². The van der Waals surface area contributed by atoms with Crippen LogP contribution in [-0.4, -0.2) is 55.3 Å². The predicted octanol–water partition coefficient (Wildman–Crippen LogP) is 1.20. The fraction of sp³-hybridized carbons (Fsp3) is 0.400. The van der Waals surface area contributed by atoms with Gasteiger partial charge in [0.05, 0.1) is 30.3 Å². The molecule has 0 spiro atoms. The second kappa shape index (κ2) is 9.23. The van der Waals surface area contributed by atoms with Crippen molar-refractivity contribution in [2.45, 2.75) is 12.8 Å². The van der Waals surface area contributed by atoms with Crippen molar-refractivity contribution in [1.29, 1.82) is 0 Å². The van der Waals surface area contributed by atoms with Crippen molar-refractivity contribution >= 4 is 23.9 Å². The Morgan fingerprint density at radius 1 is 1.38 bits per heavy atom. The summed E-state index contributed by atoms with van der Waals surface area (Å²) in [6.07, 6.45) is 0.924. The molecule has 1 aromatic rings. The van der Waals surface area contributed by atoms with E-state index in [9.17, 15) is 24.5 Å². The maximum Gasteiger partial charge on any atom is 0.325 e. The van der Waals surface area contributed by atoms with Gasteiger partial charge in [-0.15, -0.1) is 0 Å². The average Bonchev–Trinajstić information content (AvgIpc) is 2.57. The van der Waals surface area contributed by atoms with Crippen molar-refractivity contribution < 1.29 is 28.8 Å². The minimum atomic E-state index is -0.665. The molecule has 0 saturated carbocycles. The van der Waals surface area contributed by atoms with Gasteiger partial charge in [-0.25, -0.2) is 0 Å². The first-order chi connectivity index (χ1) is 11.4. The van der Waals surface area contributed by atoms with E-state index in [1.54, 1.807) is 0 Å². The molecule has 1 rings (SSSR count). The Morgan fingerprint density at radius 3 is 2.67 bits per heavy atom. The van der Waals surface area contributed by atoms with Gasteiger partial charge in [0.25, 0.3) is 5.69 Å². The van der Waals surface area contributed by atoms with Crippen LogP contribution in [0.5, 0.6) is 5.75 Å². The number of nitro benzene ring substituents is 1. The number of methoxy groups -OCH3 is 1. The van der Waals surface area contributed by atoms with Crippen LogP contribution in [0.15, 0.2) is 18.2 Å². The lowest BCUT2D eigenvalue weighted by atomic mass is 10.2. The first-order valence-electron chi connectivity index (χ1n) is 7.06. The topological polar surface area (TPSA) is 116 Å². The van der Waals surface area contributed by atoms with Crippen LogP contribution in [0, 0.1) is 10.1 Å². The standard InChI is InChI=1S/C15H18N2O7/c1-16(9-15(20)23-2)14(19)4-3-7-24-12-6-5-11(10-18)13(8-12)17(21)22/h5-6,8,10H,3-4,7,9H2,1-2H3. The SMILES string of the molecule is COC(=O)CN(C)C(=O)CCCOc1ccc(C=O)c([N+](=O)[O-])c1. The van der Waals surface area contributed by atoms with E-state index in [1.807, 2.05) is 0 Å². The molecule has 0 N–H and O–H groups in total. The van der Waals surface area contributed by atoms with Gasteiger partial charge in [0.15, 0.2) is 6.29 Å². The highest BCUT2D eigenvalue weighted by atomic mass is 16.6. The summed E-state index contributed by atoms with van der Waals surface area (Å²) < 4.78 is 9.81. The van der Waals surface area contributed by atoms with Crippen LogP contribution in [0.1, 0.15) is 23.2 Å². The summed E-state index contributed by atoms with van der Waals surface area (Å²) in [5.74, 6) is -0.515. The fourth-order valence-electron chi connectivity index (χ4n) is 1.82. The van der Waals surface area contributed by atoms with E-state index in [1.165, 1.54) is 31.2 Å². The normalized spacial score (nSPS) is 9.92. The van der Waals surface area contributed by atoms with Crippen LogP contribution in [0.3, 0.4) is 0 Å². The van der Waals surface area contributed by atoms with Gasteiger partial charge >= 0.3 is 5.97 Å². The lowest BCUT2D eigenvalue weighted by Crippen LogP contribution is -2.32. The summed E-state index contributed by atoms with van der Waals surface area (Å²) in [7, 11) is 2.73. The number of aldehydes is 1. The Balaban J connectivity index is 2.46. The van der Waals surface area contributed by atoms with Crippen LogP contribution >= 0.6 is 0 Å². The lowest BCUT2D eigenvalue weighted by Gasteiger charge is -2.15. The Morgan fingerprint density at radius 2 is 2.08 bits per heavy atom. The van der Waals surface area contributed by atoms with Crippen molar-refractivity contribution in [2.24, 2.45) is 0 Å². The molecule has 1 aromatic carbocycles. The molecule has 0 bridgehead atoms. The van der Waals surface area contributed by atoms with Gasteiger partial charge in [0.1, 0.15) is 12.3 Å². The number of nitrogens with zero attached hydrogens (tertiary/aromatic N) is 2. The van der Waals surface area contributed by atoms with E-state index in [0.29, 0.717) is 12.7 Å². The highest BCUT2D eigenvalue weighted by Crippen LogP contribution is 2.23. The molecule has 24 heavy (non-hydrogen) atoms. The minimum Gasteiger partial charge on any atom is -0.493 e. The summed E-state index contributed by atoms with van der Waals surface area (Å²) in [6.45, 7) is 0.0327. The number of carbonyl (C=O) groups excluding carboxylic acids is 3.